The summed E-state index contributed by atoms with van der Waals surface area (Å²) >= 11 is 5.78. The smallest absolute Gasteiger partial charge is 0.322 e. The van der Waals surface area contributed by atoms with Crippen LogP contribution in [0.15, 0.2) is 0 Å². The van der Waals surface area contributed by atoms with Gasteiger partial charge < -0.3 is 4.43 Å². The van der Waals surface area contributed by atoms with Gasteiger partial charge in [-0.2, -0.15) is 0 Å². The minimum Gasteiger partial charge on any atom is -0.406 e. The second-order valence-electron chi connectivity index (χ2n) is 2.02. The molecule has 0 rings (SSSR count). The van der Waals surface area contributed by atoms with Crippen molar-refractivity contribution in [1.82, 2.24) is 0 Å². The van der Waals surface area contributed by atoms with Crippen molar-refractivity contribution in [3.05, 3.63) is 0 Å². The van der Waals surface area contributed by atoms with Gasteiger partial charge in [-0.05, 0) is 6.04 Å². The molecule has 1 radical (unpaired) electrons. The molecule has 0 saturated carbocycles. The Kier molecular flexibility index (Phi) is 6.93. The van der Waals surface area contributed by atoms with Gasteiger partial charge in [-0.1, -0.05) is 26.2 Å². The van der Waals surface area contributed by atoms with E-state index in [0.29, 0.717) is 0 Å². The van der Waals surface area contributed by atoms with Crippen molar-refractivity contribution in [3.63, 3.8) is 0 Å². The Morgan fingerprint density at radius 3 is 2.56 bits per heavy atom. The zero-order chi connectivity index (χ0) is 7.11. The highest BCUT2D eigenvalue weighted by Crippen LogP contribution is 2.06. The maximum Gasteiger partial charge on any atom is 0.322 e. The van der Waals surface area contributed by atoms with E-state index in [0.717, 1.165) is 6.04 Å². The van der Waals surface area contributed by atoms with Gasteiger partial charge in [0, 0.05) is 7.11 Å². The summed E-state index contributed by atoms with van der Waals surface area (Å²) in [5, 5.41) is 0. The quantitative estimate of drug-likeness (QED) is 0.346. The van der Waals surface area contributed by atoms with Crippen molar-refractivity contribution in [2.24, 2.45) is 0 Å². The molecule has 3 heteroatoms. The van der Waals surface area contributed by atoms with E-state index in [1.165, 1.54) is 19.3 Å². The largest absolute Gasteiger partial charge is 0.406 e. The van der Waals surface area contributed by atoms with Crippen molar-refractivity contribution in [2.45, 2.75) is 32.2 Å². The third-order valence-electron chi connectivity index (χ3n) is 1.20. The third kappa shape index (κ3) is 6.35. The average Bonchev–Trinajstić information content (AvgIpc) is 1.89. The molecule has 0 aromatic carbocycles. The molecule has 0 heterocycles. The number of rotatable bonds is 5. The summed E-state index contributed by atoms with van der Waals surface area (Å²) in [6.07, 6.45) is 3.77. The van der Waals surface area contributed by atoms with Gasteiger partial charge in [0.1, 0.15) is 0 Å². The lowest BCUT2D eigenvalue weighted by molar-refractivity contribution is 0.432. The second kappa shape index (κ2) is 6.58. The summed E-state index contributed by atoms with van der Waals surface area (Å²) in [7, 11) is 0.759. The van der Waals surface area contributed by atoms with Crippen LogP contribution in [0.25, 0.3) is 0 Å². The summed E-state index contributed by atoms with van der Waals surface area (Å²) in [5.41, 5.74) is 0. The molecule has 0 aromatic heterocycles. The Bertz CT molecular complexity index is 61.0. The summed E-state index contributed by atoms with van der Waals surface area (Å²) in [6, 6.07) is 1.08. The number of halogens is 1. The predicted molar refractivity (Wildman–Crippen MR) is 42.9 cm³/mol. The van der Waals surface area contributed by atoms with Gasteiger partial charge in [0.15, 0.2) is 0 Å². The van der Waals surface area contributed by atoms with Crippen LogP contribution < -0.4 is 0 Å². The van der Waals surface area contributed by atoms with Crippen molar-refractivity contribution in [3.8, 4) is 0 Å². The Hall–Kier alpha value is 0.467. The molecule has 0 aliphatic carbocycles. The number of hydrogen-bond acceptors (Lipinski definition) is 1. The van der Waals surface area contributed by atoms with E-state index >= 15 is 0 Å². The lowest BCUT2D eigenvalue weighted by Gasteiger charge is -2.00. The number of hydrogen-bond donors (Lipinski definition) is 0. The van der Waals surface area contributed by atoms with Gasteiger partial charge in [-0.15, -0.1) is 11.1 Å². The first-order valence-corrected chi connectivity index (χ1v) is 5.99. The number of unbranched alkanes of at least 4 members (excludes halogenated alkanes) is 2. The van der Waals surface area contributed by atoms with E-state index in [4.69, 9.17) is 15.5 Å². The molecular formula is C6H14ClOSi. The van der Waals surface area contributed by atoms with Crippen LogP contribution in [-0.2, 0) is 4.43 Å². The van der Waals surface area contributed by atoms with Crippen LogP contribution in [-0.4, -0.2) is 15.5 Å². The fourth-order valence-corrected chi connectivity index (χ4v) is 1.75. The molecule has 0 saturated heterocycles. The predicted octanol–water partition coefficient (Wildman–Crippen LogP) is 2.55. The highest BCUT2D eigenvalue weighted by atomic mass is 35.6. The molecule has 0 fully saturated rings. The molecule has 1 nitrogen and oxygen atoms in total. The van der Waals surface area contributed by atoms with Crippen molar-refractivity contribution in [1.29, 1.82) is 0 Å². The first-order chi connectivity index (χ1) is 4.31. The second-order valence-corrected chi connectivity index (χ2v) is 4.90. The third-order valence-corrected chi connectivity index (χ3v) is 3.42. The van der Waals surface area contributed by atoms with Gasteiger partial charge in [0.2, 0.25) is 0 Å². The van der Waals surface area contributed by atoms with Crippen molar-refractivity contribution < 1.29 is 4.43 Å². The normalized spacial score (nSPS) is 10.7. The molecule has 0 amide bonds. The first-order valence-electron chi connectivity index (χ1n) is 3.36. The lowest BCUT2D eigenvalue weighted by Crippen LogP contribution is -2.05. The molecular weight excluding hydrogens is 152 g/mol. The summed E-state index contributed by atoms with van der Waals surface area (Å²) in [6.45, 7) is 2.19. The van der Waals surface area contributed by atoms with E-state index < -0.39 is 8.35 Å². The summed E-state index contributed by atoms with van der Waals surface area (Å²) in [4.78, 5) is 0. The van der Waals surface area contributed by atoms with Crippen LogP contribution in [0.4, 0.5) is 0 Å². The van der Waals surface area contributed by atoms with E-state index in [1.54, 1.807) is 7.11 Å². The van der Waals surface area contributed by atoms with Gasteiger partial charge in [-0.25, -0.2) is 0 Å². The molecule has 0 aliphatic heterocycles. The first kappa shape index (κ1) is 9.47. The Morgan fingerprint density at radius 2 is 2.11 bits per heavy atom. The molecule has 0 atom stereocenters. The fourth-order valence-electron chi connectivity index (χ4n) is 0.616. The zero-order valence-electron chi connectivity index (χ0n) is 6.11. The van der Waals surface area contributed by atoms with Crippen LogP contribution in [0.5, 0.6) is 0 Å². The van der Waals surface area contributed by atoms with E-state index in [-0.39, 0.29) is 0 Å². The Morgan fingerprint density at radius 1 is 1.44 bits per heavy atom. The highest BCUT2D eigenvalue weighted by Gasteiger charge is 2.04. The fraction of sp³-hybridized carbons (Fsp3) is 1.00. The molecule has 0 aromatic rings. The van der Waals surface area contributed by atoms with Crippen LogP contribution in [0.2, 0.25) is 6.04 Å². The topological polar surface area (TPSA) is 9.23 Å². The molecule has 55 valence electrons. The van der Waals surface area contributed by atoms with Gasteiger partial charge in [-0.3, -0.25) is 0 Å². The van der Waals surface area contributed by atoms with Crippen molar-refractivity contribution >= 4 is 19.4 Å². The van der Waals surface area contributed by atoms with Crippen LogP contribution >= 0.6 is 11.1 Å². The molecule has 0 unspecified atom stereocenters. The van der Waals surface area contributed by atoms with Crippen molar-refractivity contribution in [2.75, 3.05) is 7.11 Å². The SMILES string of the molecule is CCCCC[Si](Cl)OC. The Balaban J connectivity index is 2.88. The Labute approximate surface area is 63.8 Å². The van der Waals surface area contributed by atoms with Gasteiger partial charge >= 0.3 is 8.35 Å². The van der Waals surface area contributed by atoms with Gasteiger partial charge in [0.05, 0.1) is 0 Å². The summed E-state index contributed by atoms with van der Waals surface area (Å²) < 4.78 is 4.96. The molecule has 0 N–H and O–H groups in total. The van der Waals surface area contributed by atoms with Crippen LogP contribution in [0.1, 0.15) is 26.2 Å². The summed E-state index contributed by atoms with van der Waals surface area (Å²) in [5.74, 6) is 0. The lowest BCUT2D eigenvalue weighted by atomic mass is 10.3. The monoisotopic (exact) mass is 165 g/mol. The van der Waals surface area contributed by atoms with E-state index in [1.807, 2.05) is 0 Å². The van der Waals surface area contributed by atoms with E-state index in [9.17, 15) is 0 Å². The highest BCUT2D eigenvalue weighted by molar-refractivity contribution is 7.03. The minimum absolute atomic E-state index is 0.929. The molecule has 9 heavy (non-hydrogen) atoms. The molecule has 0 spiro atoms. The maximum atomic E-state index is 5.78. The minimum atomic E-state index is -0.929. The van der Waals surface area contributed by atoms with Crippen LogP contribution in [0.3, 0.4) is 0 Å². The van der Waals surface area contributed by atoms with E-state index in [2.05, 4.69) is 6.92 Å². The molecule has 0 aliphatic rings. The zero-order valence-corrected chi connectivity index (χ0v) is 7.87. The average molecular weight is 166 g/mol. The maximum absolute atomic E-state index is 5.78. The standard InChI is InChI=1S/C6H14ClOSi/c1-3-4-5-6-9(7)8-2/h3-6H2,1-2H3. The van der Waals surface area contributed by atoms with Gasteiger partial charge in [0.25, 0.3) is 0 Å². The van der Waals surface area contributed by atoms with Crippen LogP contribution in [0, 0.1) is 0 Å². The molecule has 0 bridgehead atoms.